The Bertz CT molecular complexity index is 900. The summed E-state index contributed by atoms with van der Waals surface area (Å²) >= 11 is 0. The third kappa shape index (κ3) is 4.98. The van der Waals surface area contributed by atoms with Crippen LogP contribution >= 0.6 is 0 Å². The molecule has 2 aromatic rings. The minimum absolute atomic E-state index is 0.0960. The van der Waals surface area contributed by atoms with E-state index in [1.807, 2.05) is 0 Å². The van der Waals surface area contributed by atoms with Crippen LogP contribution in [0, 0.1) is 0 Å². The van der Waals surface area contributed by atoms with Crippen LogP contribution in [0.5, 0.6) is 11.5 Å². The van der Waals surface area contributed by atoms with E-state index in [1.165, 1.54) is 12.1 Å². The number of carbonyl (C=O) groups is 3. The summed E-state index contributed by atoms with van der Waals surface area (Å²) in [5.41, 5.74) is 18.0. The molecule has 2 rings (SSSR count). The van der Waals surface area contributed by atoms with E-state index in [-0.39, 0.29) is 24.3 Å². The van der Waals surface area contributed by atoms with Crippen LogP contribution in [0.3, 0.4) is 0 Å². The predicted octanol–water partition coefficient (Wildman–Crippen LogP) is -0.738. The molecule has 2 atom stereocenters. The maximum atomic E-state index is 11.4. The maximum absolute atomic E-state index is 11.4. The lowest BCUT2D eigenvalue weighted by atomic mass is 9.95. The van der Waals surface area contributed by atoms with Gasteiger partial charge < -0.3 is 32.7 Å². The monoisotopic (exact) mass is 386 g/mol. The Kier molecular flexibility index (Phi) is 6.56. The van der Waals surface area contributed by atoms with Crippen molar-refractivity contribution in [2.24, 2.45) is 17.2 Å². The third-order valence-electron chi connectivity index (χ3n) is 4.29. The average molecular weight is 386 g/mol. The molecular weight excluding hydrogens is 364 g/mol. The number of rotatable bonds is 9. The lowest BCUT2D eigenvalue weighted by Crippen LogP contribution is -2.42. The van der Waals surface area contributed by atoms with Gasteiger partial charge in [0, 0.05) is 17.5 Å². The van der Waals surface area contributed by atoms with Crippen LogP contribution < -0.4 is 22.5 Å². The molecule has 9 heteroatoms. The van der Waals surface area contributed by atoms with Gasteiger partial charge in [0.25, 0.3) is 0 Å². The number of phenolic OH excluding ortho intramolecular Hbond substituents is 2. The van der Waals surface area contributed by atoms with Crippen molar-refractivity contribution in [3.8, 4) is 22.6 Å². The van der Waals surface area contributed by atoms with Crippen LogP contribution in [-0.4, -0.2) is 40.5 Å². The van der Waals surface area contributed by atoms with Crippen molar-refractivity contribution in [1.82, 2.24) is 5.32 Å². The Morgan fingerprint density at radius 1 is 0.929 bits per heavy atom. The SMILES string of the molecule is NC(=O)[C@H](Cc1ccc(O)c(-c2cc(C[C@H](N)C(N)=O)ccc2O)c1)NC=O. The van der Waals surface area contributed by atoms with Gasteiger partial charge in [-0.15, -0.1) is 0 Å². The Morgan fingerprint density at radius 3 is 1.86 bits per heavy atom. The third-order valence-corrected chi connectivity index (χ3v) is 4.29. The molecule has 0 saturated carbocycles. The van der Waals surface area contributed by atoms with E-state index in [1.54, 1.807) is 24.3 Å². The number of phenols is 2. The van der Waals surface area contributed by atoms with E-state index < -0.39 is 23.9 Å². The van der Waals surface area contributed by atoms with E-state index in [0.29, 0.717) is 28.7 Å². The fourth-order valence-corrected chi connectivity index (χ4v) is 2.77. The topological polar surface area (TPSA) is 182 Å². The molecule has 0 fully saturated rings. The van der Waals surface area contributed by atoms with Crippen molar-refractivity contribution in [3.63, 3.8) is 0 Å². The van der Waals surface area contributed by atoms with Crippen molar-refractivity contribution in [1.29, 1.82) is 0 Å². The van der Waals surface area contributed by atoms with E-state index >= 15 is 0 Å². The number of primary amides is 2. The molecule has 9 N–H and O–H groups in total. The first-order chi connectivity index (χ1) is 13.2. The number of nitrogens with two attached hydrogens (primary N) is 3. The van der Waals surface area contributed by atoms with Crippen molar-refractivity contribution < 1.29 is 24.6 Å². The Hall–Kier alpha value is -3.59. The molecule has 0 spiro atoms. The van der Waals surface area contributed by atoms with Gasteiger partial charge in [-0.2, -0.15) is 0 Å². The molecule has 2 aromatic carbocycles. The van der Waals surface area contributed by atoms with Crippen LogP contribution in [0.4, 0.5) is 0 Å². The largest absolute Gasteiger partial charge is 0.507 e. The molecular formula is C19H22N4O5. The molecule has 0 saturated heterocycles. The highest BCUT2D eigenvalue weighted by Crippen LogP contribution is 2.37. The Labute approximate surface area is 161 Å². The van der Waals surface area contributed by atoms with Crippen molar-refractivity contribution in [3.05, 3.63) is 47.5 Å². The lowest BCUT2D eigenvalue weighted by molar-refractivity contribution is -0.122. The summed E-state index contributed by atoms with van der Waals surface area (Å²) in [7, 11) is 0. The van der Waals surface area contributed by atoms with Crippen molar-refractivity contribution in [2.75, 3.05) is 0 Å². The fourth-order valence-electron chi connectivity index (χ4n) is 2.77. The zero-order valence-electron chi connectivity index (χ0n) is 15.0. The number of benzene rings is 2. The molecule has 0 aliphatic rings. The standard InChI is InChI=1S/C19H22N4O5/c20-14(18(21)27)7-10-1-3-16(25)12(5-10)13-6-11(2-4-17(13)26)8-15(19(22)28)23-9-24/h1-6,9,14-15,25-26H,7-8,20H2,(H2,21,27)(H2,22,28)(H,23,24)/t14-,15-/m0/s1. The molecule has 148 valence electrons. The second-order valence-electron chi connectivity index (χ2n) is 6.36. The summed E-state index contributed by atoms with van der Waals surface area (Å²) in [5.74, 6) is -1.55. The van der Waals surface area contributed by atoms with Gasteiger partial charge in [-0.3, -0.25) is 14.4 Å². The van der Waals surface area contributed by atoms with Crippen LogP contribution in [0.25, 0.3) is 11.1 Å². The summed E-state index contributed by atoms with van der Waals surface area (Å²) in [6, 6.07) is 7.36. The van der Waals surface area contributed by atoms with E-state index in [2.05, 4.69) is 5.32 Å². The Morgan fingerprint density at radius 2 is 1.43 bits per heavy atom. The van der Waals surface area contributed by atoms with Crippen LogP contribution in [0.15, 0.2) is 36.4 Å². The predicted molar refractivity (Wildman–Crippen MR) is 102 cm³/mol. The maximum Gasteiger partial charge on any atom is 0.240 e. The van der Waals surface area contributed by atoms with Crippen molar-refractivity contribution >= 4 is 18.2 Å². The minimum atomic E-state index is -0.914. The van der Waals surface area contributed by atoms with E-state index in [4.69, 9.17) is 17.2 Å². The summed E-state index contributed by atoms with van der Waals surface area (Å²) in [6.45, 7) is 0. The molecule has 0 bridgehead atoms. The molecule has 0 aliphatic carbocycles. The lowest BCUT2D eigenvalue weighted by Gasteiger charge is -2.15. The van der Waals surface area contributed by atoms with E-state index in [0.717, 1.165) is 0 Å². The van der Waals surface area contributed by atoms with Gasteiger partial charge in [-0.1, -0.05) is 12.1 Å². The molecule has 3 amide bonds. The smallest absolute Gasteiger partial charge is 0.240 e. The van der Waals surface area contributed by atoms with Gasteiger partial charge in [-0.05, 0) is 41.8 Å². The molecule has 0 aliphatic heterocycles. The summed E-state index contributed by atoms with van der Waals surface area (Å²) in [4.78, 5) is 33.2. The Balaban J connectivity index is 2.40. The molecule has 0 heterocycles. The highest BCUT2D eigenvalue weighted by atomic mass is 16.3. The number of nitrogens with one attached hydrogen (secondary N) is 1. The minimum Gasteiger partial charge on any atom is -0.507 e. The summed E-state index contributed by atoms with van der Waals surface area (Å²) in [6.07, 6.45) is 0.651. The van der Waals surface area contributed by atoms with Crippen LogP contribution in [0.2, 0.25) is 0 Å². The average Bonchev–Trinajstić information content (AvgIpc) is 2.64. The van der Waals surface area contributed by atoms with Crippen molar-refractivity contribution in [2.45, 2.75) is 24.9 Å². The number of hydrogen-bond donors (Lipinski definition) is 6. The van der Waals surface area contributed by atoms with Gasteiger partial charge in [0.2, 0.25) is 18.2 Å². The van der Waals surface area contributed by atoms with Gasteiger partial charge in [0.05, 0.1) is 6.04 Å². The number of carbonyl (C=O) groups excluding carboxylic acids is 3. The molecule has 0 radical (unpaired) electrons. The van der Waals surface area contributed by atoms with Crippen LogP contribution in [-0.2, 0) is 27.2 Å². The second kappa shape index (κ2) is 8.87. The highest BCUT2D eigenvalue weighted by molar-refractivity contribution is 5.83. The van der Waals surface area contributed by atoms with Gasteiger partial charge in [0.1, 0.15) is 17.5 Å². The normalized spacial score (nSPS) is 12.8. The first-order valence-electron chi connectivity index (χ1n) is 8.41. The first kappa shape index (κ1) is 20.7. The van der Waals surface area contributed by atoms with Gasteiger partial charge in [-0.25, -0.2) is 0 Å². The highest BCUT2D eigenvalue weighted by Gasteiger charge is 2.18. The molecule has 28 heavy (non-hydrogen) atoms. The molecule has 9 nitrogen and oxygen atoms in total. The van der Waals surface area contributed by atoms with Crippen LogP contribution in [0.1, 0.15) is 11.1 Å². The zero-order chi connectivity index (χ0) is 20.8. The molecule has 0 aromatic heterocycles. The number of aromatic hydroxyl groups is 2. The quantitative estimate of drug-likeness (QED) is 0.309. The van der Waals surface area contributed by atoms with Gasteiger partial charge in [0.15, 0.2) is 0 Å². The fraction of sp³-hybridized carbons (Fsp3) is 0.211. The zero-order valence-corrected chi connectivity index (χ0v) is 15.0. The number of hydrogen-bond acceptors (Lipinski definition) is 6. The summed E-state index contributed by atoms with van der Waals surface area (Å²) < 4.78 is 0. The molecule has 0 unspecified atom stereocenters. The van der Waals surface area contributed by atoms with Gasteiger partial charge >= 0.3 is 0 Å². The number of amides is 3. The first-order valence-corrected chi connectivity index (χ1v) is 8.41. The van der Waals surface area contributed by atoms with E-state index in [9.17, 15) is 24.6 Å². The summed E-state index contributed by atoms with van der Waals surface area (Å²) in [5, 5.41) is 22.8. The second-order valence-corrected chi connectivity index (χ2v) is 6.36.